The van der Waals surface area contributed by atoms with Crippen LogP contribution in [0.4, 0.5) is 0 Å². The summed E-state index contributed by atoms with van der Waals surface area (Å²) in [4.78, 5) is 11.3. The fraction of sp³-hybridized carbons (Fsp3) is 0.778. The van der Waals surface area contributed by atoms with E-state index in [2.05, 4.69) is 35.4 Å². The van der Waals surface area contributed by atoms with Crippen molar-refractivity contribution in [1.29, 1.82) is 0 Å². The fourth-order valence-electron chi connectivity index (χ4n) is 5.02. The van der Waals surface area contributed by atoms with Crippen LogP contribution in [0.5, 0.6) is 0 Å². The number of hydrogen-bond donors (Lipinski definition) is 1. The Balaban J connectivity index is 1.37. The average Bonchev–Trinajstić information content (AvgIpc) is 3.13. The zero-order valence-electron chi connectivity index (χ0n) is 13.8. The molecule has 122 valence electrons. The fourth-order valence-corrected chi connectivity index (χ4v) is 5.02. The molecule has 22 heavy (non-hydrogen) atoms. The van der Waals surface area contributed by atoms with Gasteiger partial charge in [-0.1, -0.05) is 37.6 Å². The molecule has 4 unspecified atom stereocenters. The monoisotopic (exact) mass is 303 g/mol. The van der Waals surface area contributed by atoms with E-state index in [1.54, 1.807) is 0 Å². The van der Waals surface area contributed by atoms with Gasteiger partial charge in [-0.05, 0) is 25.2 Å². The molecule has 0 radical (unpaired) electrons. The smallest absolute Gasteiger partial charge is 0.0990 e. The number of hydrogen-bond acceptors (Lipinski definition) is 4. The molecule has 0 aromatic rings. The van der Waals surface area contributed by atoms with E-state index in [0.29, 0.717) is 12.1 Å². The van der Waals surface area contributed by atoms with Crippen LogP contribution in [0, 0.1) is 5.92 Å². The van der Waals surface area contributed by atoms with Gasteiger partial charge < -0.3 is 0 Å². The average molecular weight is 303 g/mol. The van der Waals surface area contributed by atoms with E-state index < -0.39 is 0 Å². The summed E-state index contributed by atoms with van der Waals surface area (Å²) in [7, 11) is 0. The van der Waals surface area contributed by atoms with Crippen molar-refractivity contribution in [2.24, 2.45) is 5.92 Å². The van der Waals surface area contributed by atoms with E-state index in [1.165, 1.54) is 30.5 Å². The number of nitrogens with zero attached hydrogens (tertiary/aromatic N) is 2. The van der Waals surface area contributed by atoms with Crippen molar-refractivity contribution in [2.75, 3.05) is 26.2 Å². The first-order chi connectivity index (χ1) is 10.6. The molecule has 4 nitrogen and oxygen atoms in total. The third-order valence-corrected chi connectivity index (χ3v) is 6.10. The molecule has 1 N–H and O–H groups in total. The van der Waals surface area contributed by atoms with Crippen molar-refractivity contribution in [2.45, 2.75) is 56.8 Å². The van der Waals surface area contributed by atoms with Gasteiger partial charge in [-0.3, -0.25) is 14.6 Å². The number of nitrogens with one attached hydrogen (secondary N) is 1. The van der Waals surface area contributed by atoms with Crippen LogP contribution < -0.4 is 5.48 Å². The lowest BCUT2D eigenvalue weighted by molar-refractivity contribution is -0.0991. The first-order valence-corrected chi connectivity index (χ1v) is 8.83. The Morgan fingerprint density at radius 1 is 1.27 bits per heavy atom. The third-order valence-electron chi connectivity index (χ3n) is 6.10. The first kappa shape index (κ1) is 14.9. The number of rotatable bonds is 4. The van der Waals surface area contributed by atoms with Crippen LogP contribution in [0.25, 0.3) is 0 Å². The minimum atomic E-state index is 0.0222. The van der Waals surface area contributed by atoms with Crippen LogP contribution >= 0.6 is 0 Å². The van der Waals surface area contributed by atoms with Crippen molar-refractivity contribution >= 4 is 0 Å². The van der Waals surface area contributed by atoms with Gasteiger partial charge in [-0.15, -0.1) is 0 Å². The van der Waals surface area contributed by atoms with Gasteiger partial charge >= 0.3 is 0 Å². The molecule has 4 fully saturated rings. The van der Waals surface area contributed by atoms with E-state index in [1.807, 2.05) is 0 Å². The molecule has 4 atom stereocenters. The second kappa shape index (κ2) is 5.45. The predicted molar refractivity (Wildman–Crippen MR) is 88.2 cm³/mol. The van der Waals surface area contributed by atoms with Crippen LogP contribution in [0.3, 0.4) is 0 Å². The Morgan fingerprint density at radius 2 is 2.14 bits per heavy atom. The van der Waals surface area contributed by atoms with E-state index in [4.69, 9.17) is 4.84 Å². The van der Waals surface area contributed by atoms with Crippen molar-refractivity contribution in [3.63, 3.8) is 0 Å². The molecular weight excluding hydrogens is 274 g/mol. The minimum Gasteiger partial charge on any atom is -0.295 e. The van der Waals surface area contributed by atoms with Crippen LogP contribution in [-0.4, -0.2) is 53.8 Å². The highest BCUT2D eigenvalue weighted by Crippen LogP contribution is 2.42. The summed E-state index contributed by atoms with van der Waals surface area (Å²) < 4.78 is 0. The van der Waals surface area contributed by atoms with Crippen molar-refractivity contribution in [1.82, 2.24) is 15.3 Å². The lowest BCUT2D eigenvalue weighted by Gasteiger charge is -2.33. The summed E-state index contributed by atoms with van der Waals surface area (Å²) in [5.74, 6) is 0.791. The molecule has 0 bridgehead atoms. The van der Waals surface area contributed by atoms with Crippen LogP contribution in [0.2, 0.25) is 0 Å². The quantitative estimate of drug-likeness (QED) is 0.637. The second-order valence-corrected chi connectivity index (χ2v) is 7.93. The van der Waals surface area contributed by atoms with E-state index >= 15 is 0 Å². The molecule has 0 amide bonds. The van der Waals surface area contributed by atoms with Gasteiger partial charge in [0.2, 0.25) is 0 Å². The minimum absolute atomic E-state index is 0.0222. The Hall–Kier alpha value is -0.680. The maximum absolute atomic E-state index is 6.20. The molecule has 4 rings (SSSR count). The standard InChI is InChI=1S/C18H29N3O/c1-4-15-8-18(7-14(3)10-21(18)11-15)19-22-17-6-16-5-13(2)9-20(16)12-17/h15-17,19H,2-12H2,1H3. The normalized spacial score (nSPS) is 42.3. The highest BCUT2D eigenvalue weighted by molar-refractivity contribution is 5.17. The van der Waals surface area contributed by atoms with Crippen molar-refractivity contribution in [3.8, 4) is 0 Å². The van der Waals surface area contributed by atoms with Gasteiger partial charge in [0, 0.05) is 38.6 Å². The molecule has 0 spiro atoms. The largest absolute Gasteiger partial charge is 0.295 e. The van der Waals surface area contributed by atoms with Gasteiger partial charge in [0.15, 0.2) is 0 Å². The Kier molecular flexibility index (Phi) is 3.68. The zero-order chi connectivity index (χ0) is 15.3. The molecule has 4 aliphatic rings. The lowest BCUT2D eigenvalue weighted by atomic mass is 9.96. The topological polar surface area (TPSA) is 27.7 Å². The molecule has 4 heteroatoms. The van der Waals surface area contributed by atoms with Gasteiger partial charge in [-0.25, -0.2) is 0 Å². The molecule has 0 aliphatic carbocycles. The summed E-state index contributed by atoms with van der Waals surface area (Å²) in [6.07, 6.45) is 6.11. The molecule has 4 heterocycles. The third kappa shape index (κ3) is 2.46. The second-order valence-electron chi connectivity index (χ2n) is 7.93. The predicted octanol–water partition coefficient (Wildman–Crippen LogP) is 2.30. The van der Waals surface area contributed by atoms with Crippen molar-refractivity contribution in [3.05, 3.63) is 24.3 Å². The number of hydroxylamine groups is 1. The molecule has 0 aromatic carbocycles. The number of fused-ring (bicyclic) bond motifs is 2. The van der Waals surface area contributed by atoms with E-state index in [-0.39, 0.29) is 5.66 Å². The van der Waals surface area contributed by atoms with E-state index in [0.717, 1.165) is 44.8 Å². The Labute approximate surface area is 134 Å². The Bertz CT molecular complexity index is 475. The summed E-state index contributed by atoms with van der Waals surface area (Å²) in [5, 5.41) is 0. The van der Waals surface area contributed by atoms with E-state index in [9.17, 15) is 0 Å². The molecule has 0 aromatic heterocycles. The van der Waals surface area contributed by atoms with Gasteiger partial charge in [0.05, 0.1) is 11.8 Å². The van der Waals surface area contributed by atoms with Crippen LogP contribution in [0.15, 0.2) is 24.3 Å². The maximum Gasteiger partial charge on any atom is 0.0990 e. The highest BCUT2D eigenvalue weighted by Gasteiger charge is 2.50. The first-order valence-electron chi connectivity index (χ1n) is 8.83. The van der Waals surface area contributed by atoms with Crippen LogP contribution in [-0.2, 0) is 4.84 Å². The maximum atomic E-state index is 6.20. The summed E-state index contributed by atoms with van der Waals surface area (Å²) in [6.45, 7) is 15.0. The summed E-state index contributed by atoms with van der Waals surface area (Å²) in [6, 6.07) is 0.665. The molecular formula is C18H29N3O. The lowest BCUT2D eigenvalue weighted by Crippen LogP contribution is -2.52. The van der Waals surface area contributed by atoms with Gasteiger partial charge in [-0.2, -0.15) is 5.48 Å². The highest BCUT2D eigenvalue weighted by atomic mass is 16.7. The van der Waals surface area contributed by atoms with Crippen molar-refractivity contribution < 1.29 is 4.84 Å². The van der Waals surface area contributed by atoms with Gasteiger partial charge in [0.25, 0.3) is 0 Å². The zero-order valence-corrected chi connectivity index (χ0v) is 13.8. The van der Waals surface area contributed by atoms with Crippen LogP contribution in [0.1, 0.15) is 39.0 Å². The SMILES string of the molecule is C=C1CC2CC(ONC34CC(=C)CN3CC(CC)C4)CN2C1. The summed E-state index contributed by atoms with van der Waals surface area (Å²) >= 11 is 0. The Morgan fingerprint density at radius 3 is 2.91 bits per heavy atom. The molecule has 0 saturated carbocycles. The van der Waals surface area contributed by atoms with Gasteiger partial charge in [0.1, 0.15) is 0 Å². The summed E-state index contributed by atoms with van der Waals surface area (Å²) in [5.41, 5.74) is 6.26. The molecule has 4 saturated heterocycles. The molecule has 4 aliphatic heterocycles.